The maximum absolute atomic E-state index is 9.63. The van der Waals surface area contributed by atoms with Gasteiger partial charge in [0.2, 0.25) is 0 Å². The van der Waals surface area contributed by atoms with Crippen LogP contribution in [-0.2, 0) is 0 Å². The van der Waals surface area contributed by atoms with Gasteiger partial charge in [0.1, 0.15) is 23.4 Å². The fourth-order valence-electron chi connectivity index (χ4n) is 4.09. The van der Waals surface area contributed by atoms with E-state index >= 15 is 0 Å². The van der Waals surface area contributed by atoms with Crippen molar-refractivity contribution in [1.82, 2.24) is 9.97 Å². The molecular weight excluding hydrogens is 420 g/mol. The summed E-state index contributed by atoms with van der Waals surface area (Å²) < 4.78 is 1.42. The number of fused-ring (bicyclic) bond motifs is 1. The van der Waals surface area contributed by atoms with Crippen molar-refractivity contribution >= 4 is 28.3 Å². The number of halogens is 1. The zero-order valence-electron chi connectivity index (χ0n) is 21.3. The molecule has 0 aliphatic heterocycles. The standard InChI is InChI=1S/C16H36N.C10H10ClN3O/c1-5-9-13-17(14-10-6-2,15-11-7-3)16-12-8-4;1-14(2)10-8-6(11)3-4-7(15)9(8)12-5-13-10/h5-16H2,1-4H3;3-5,15H,1-2H3/q+1;. The van der Waals surface area contributed by atoms with Crippen molar-refractivity contribution in [1.29, 1.82) is 0 Å². The monoisotopic (exact) mass is 465 g/mol. The van der Waals surface area contributed by atoms with E-state index in [1.807, 2.05) is 19.0 Å². The van der Waals surface area contributed by atoms with Crippen LogP contribution in [0.1, 0.15) is 79.1 Å². The van der Waals surface area contributed by atoms with Crippen molar-refractivity contribution < 1.29 is 9.59 Å². The molecule has 1 aromatic heterocycles. The molecule has 0 aliphatic rings. The molecule has 0 unspecified atom stereocenters. The van der Waals surface area contributed by atoms with Gasteiger partial charge >= 0.3 is 0 Å². The third-order valence-electron chi connectivity index (χ3n) is 6.06. The van der Waals surface area contributed by atoms with Gasteiger partial charge < -0.3 is 14.5 Å². The van der Waals surface area contributed by atoms with Gasteiger partial charge in [0.15, 0.2) is 0 Å². The summed E-state index contributed by atoms with van der Waals surface area (Å²) in [5, 5.41) is 10.8. The predicted molar refractivity (Wildman–Crippen MR) is 140 cm³/mol. The number of benzene rings is 1. The number of rotatable bonds is 13. The molecule has 0 bridgehead atoms. The molecule has 0 radical (unpaired) electrons. The Labute approximate surface area is 201 Å². The predicted octanol–water partition coefficient (Wildman–Crippen LogP) is 7.06. The van der Waals surface area contributed by atoms with Crippen molar-refractivity contribution in [2.75, 3.05) is 45.2 Å². The summed E-state index contributed by atoms with van der Waals surface area (Å²) >= 11 is 6.06. The van der Waals surface area contributed by atoms with E-state index in [-0.39, 0.29) is 5.75 Å². The number of anilines is 1. The number of aromatic hydroxyl groups is 1. The number of phenols is 1. The maximum atomic E-state index is 9.63. The summed E-state index contributed by atoms with van der Waals surface area (Å²) in [6.45, 7) is 15.0. The minimum absolute atomic E-state index is 0.111. The highest BCUT2D eigenvalue weighted by molar-refractivity contribution is 6.36. The Hall–Kier alpha value is -1.59. The van der Waals surface area contributed by atoms with E-state index in [0.717, 1.165) is 0 Å². The van der Waals surface area contributed by atoms with E-state index in [2.05, 4.69) is 37.7 Å². The zero-order chi connectivity index (χ0) is 24.0. The van der Waals surface area contributed by atoms with E-state index in [1.165, 1.54) is 94.4 Å². The van der Waals surface area contributed by atoms with E-state index in [0.29, 0.717) is 21.7 Å². The number of unbranched alkanes of at least 4 members (excludes halogenated alkanes) is 4. The quantitative estimate of drug-likeness (QED) is 0.321. The number of hydrogen-bond donors (Lipinski definition) is 1. The lowest BCUT2D eigenvalue weighted by molar-refractivity contribution is -0.929. The smallest absolute Gasteiger partial charge is 0.142 e. The Bertz CT molecular complexity index is 744. The lowest BCUT2D eigenvalue weighted by Gasteiger charge is -2.39. The molecule has 2 aromatic rings. The number of quaternary nitrogens is 1. The van der Waals surface area contributed by atoms with Gasteiger partial charge in [0.05, 0.1) is 36.6 Å². The average molecular weight is 466 g/mol. The molecule has 1 N–H and O–H groups in total. The Kier molecular flexibility index (Phi) is 13.6. The molecule has 0 spiro atoms. The number of phenolic OH excluding ortho intramolecular Hbond substituents is 1. The van der Waals surface area contributed by atoms with Crippen LogP contribution in [0.2, 0.25) is 5.02 Å². The highest BCUT2D eigenvalue weighted by Crippen LogP contribution is 2.33. The lowest BCUT2D eigenvalue weighted by atomic mass is 10.1. The topological polar surface area (TPSA) is 49.2 Å². The van der Waals surface area contributed by atoms with Crippen molar-refractivity contribution in [3.05, 3.63) is 23.5 Å². The largest absolute Gasteiger partial charge is 0.506 e. The van der Waals surface area contributed by atoms with Crippen LogP contribution in [-0.4, -0.2) is 59.8 Å². The summed E-state index contributed by atoms with van der Waals surface area (Å²) in [7, 11) is 3.73. The molecule has 1 aromatic carbocycles. The van der Waals surface area contributed by atoms with Gasteiger partial charge in [-0.2, -0.15) is 0 Å². The first-order valence-corrected chi connectivity index (χ1v) is 12.9. The number of aromatic nitrogens is 2. The fourth-order valence-corrected chi connectivity index (χ4v) is 4.33. The molecule has 5 nitrogen and oxygen atoms in total. The van der Waals surface area contributed by atoms with E-state index in [1.54, 1.807) is 6.07 Å². The molecule has 32 heavy (non-hydrogen) atoms. The zero-order valence-corrected chi connectivity index (χ0v) is 22.1. The highest BCUT2D eigenvalue weighted by Gasteiger charge is 2.24. The number of hydrogen-bond acceptors (Lipinski definition) is 4. The second-order valence-corrected chi connectivity index (χ2v) is 9.44. The third kappa shape index (κ3) is 8.74. The van der Waals surface area contributed by atoms with Crippen LogP contribution in [0.15, 0.2) is 18.5 Å². The maximum Gasteiger partial charge on any atom is 0.142 e. The Morgan fingerprint density at radius 1 is 0.812 bits per heavy atom. The van der Waals surface area contributed by atoms with Gasteiger partial charge in [0.25, 0.3) is 0 Å². The van der Waals surface area contributed by atoms with E-state index < -0.39 is 0 Å². The summed E-state index contributed by atoms with van der Waals surface area (Å²) in [6, 6.07) is 3.16. The van der Waals surface area contributed by atoms with Gasteiger partial charge in [-0.15, -0.1) is 0 Å². The van der Waals surface area contributed by atoms with Crippen LogP contribution >= 0.6 is 11.6 Å². The van der Waals surface area contributed by atoms with E-state index in [9.17, 15) is 5.11 Å². The fraction of sp³-hybridized carbons (Fsp3) is 0.692. The molecule has 6 heteroatoms. The molecule has 2 rings (SSSR count). The minimum atomic E-state index is 0.111. The molecule has 182 valence electrons. The van der Waals surface area contributed by atoms with Gasteiger partial charge in [0, 0.05) is 14.1 Å². The summed E-state index contributed by atoms with van der Waals surface area (Å²) in [5.41, 5.74) is 0.473. The Morgan fingerprint density at radius 3 is 1.69 bits per heavy atom. The van der Waals surface area contributed by atoms with Crippen molar-refractivity contribution in [3.8, 4) is 5.75 Å². The first-order valence-electron chi connectivity index (χ1n) is 12.5. The molecule has 0 fully saturated rings. The summed E-state index contributed by atoms with van der Waals surface area (Å²) in [4.78, 5) is 9.97. The van der Waals surface area contributed by atoms with Crippen molar-refractivity contribution in [3.63, 3.8) is 0 Å². The molecule has 0 amide bonds. The Morgan fingerprint density at radius 2 is 1.28 bits per heavy atom. The van der Waals surface area contributed by atoms with Crippen LogP contribution in [0.5, 0.6) is 5.75 Å². The second kappa shape index (κ2) is 15.3. The van der Waals surface area contributed by atoms with Gasteiger partial charge in [-0.1, -0.05) is 65.0 Å². The van der Waals surface area contributed by atoms with Crippen LogP contribution in [0.4, 0.5) is 5.82 Å². The molecule has 0 atom stereocenters. The Balaban J connectivity index is 0.000000321. The van der Waals surface area contributed by atoms with Crippen molar-refractivity contribution in [2.45, 2.75) is 79.1 Å². The molecule has 1 heterocycles. The van der Waals surface area contributed by atoms with Crippen LogP contribution in [0.25, 0.3) is 10.9 Å². The summed E-state index contributed by atoms with van der Waals surface area (Å²) in [6.07, 6.45) is 12.5. The molecule has 0 aliphatic carbocycles. The average Bonchev–Trinajstić information content (AvgIpc) is 2.80. The summed E-state index contributed by atoms with van der Waals surface area (Å²) in [5.74, 6) is 0.806. The van der Waals surface area contributed by atoms with Crippen LogP contribution in [0.3, 0.4) is 0 Å². The lowest BCUT2D eigenvalue weighted by Crippen LogP contribution is -2.50. The van der Waals surface area contributed by atoms with Crippen molar-refractivity contribution in [2.24, 2.45) is 0 Å². The molecule has 0 saturated carbocycles. The SMILES string of the molecule is CCCC[N+](CCCC)(CCCC)CCCC.CN(C)c1ncnc2c(O)ccc(Cl)c12. The second-order valence-electron chi connectivity index (χ2n) is 9.03. The van der Waals surface area contributed by atoms with Gasteiger partial charge in [-0.25, -0.2) is 9.97 Å². The van der Waals surface area contributed by atoms with Gasteiger partial charge in [-0.3, -0.25) is 0 Å². The molecular formula is C26H46ClN4O+. The van der Waals surface area contributed by atoms with Gasteiger partial charge in [-0.05, 0) is 37.8 Å². The minimum Gasteiger partial charge on any atom is -0.506 e. The normalized spacial score (nSPS) is 11.3. The third-order valence-corrected chi connectivity index (χ3v) is 6.38. The first-order chi connectivity index (χ1) is 15.4. The highest BCUT2D eigenvalue weighted by atomic mass is 35.5. The number of nitrogens with zero attached hydrogens (tertiary/aromatic N) is 4. The van der Waals surface area contributed by atoms with Crippen LogP contribution in [0, 0.1) is 0 Å². The van der Waals surface area contributed by atoms with Crippen LogP contribution < -0.4 is 4.90 Å². The first kappa shape index (κ1) is 28.4. The van der Waals surface area contributed by atoms with E-state index in [4.69, 9.17) is 11.6 Å². The molecule has 0 saturated heterocycles.